The van der Waals surface area contributed by atoms with E-state index in [1.165, 1.54) is 4.57 Å². The van der Waals surface area contributed by atoms with Gasteiger partial charge in [-0.15, -0.1) is 0 Å². The SMILES string of the molecule is COc1ccc(-n2c(=O)c3cc(C)ccc3n([C@@H](C)C(=O)N3CCOCC3)c2=O)cc1. The van der Waals surface area contributed by atoms with Gasteiger partial charge in [-0.2, -0.15) is 0 Å². The normalized spacial score (nSPS) is 15.1. The van der Waals surface area contributed by atoms with Crippen molar-refractivity contribution in [3.05, 3.63) is 68.9 Å². The number of rotatable bonds is 4. The molecule has 1 fully saturated rings. The fourth-order valence-electron chi connectivity index (χ4n) is 3.94. The van der Waals surface area contributed by atoms with Gasteiger partial charge in [0, 0.05) is 13.1 Å². The average Bonchev–Trinajstić information content (AvgIpc) is 2.80. The number of amides is 1. The van der Waals surface area contributed by atoms with E-state index in [-0.39, 0.29) is 5.91 Å². The van der Waals surface area contributed by atoms with Crippen LogP contribution in [0.4, 0.5) is 0 Å². The Morgan fingerprint density at radius 3 is 2.39 bits per heavy atom. The van der Waals surface area contributed by atoms with E-state index in [0.717, 1.165) is 10.1 Å². The molecule has 0 N–H and O–H groups in total. The average molecular weight is 423 g/mol. The molecule has 0 spiro atoms. The molecule has 1 aromatic heterocycles. The van der Waals surface area contributed by atoms with Gasteiger partial charge in [0.25, 0.3) is 5.56 Å². The number of aryl methyl sites for hydroxylation is 1. The van der Waals surface area contributed by atoms with Gasteiger partial charge in [-0.1, -0.05) is 11.6 Å². The van der Waals surface area contributed by atoms with Crippen LogP contribution in [0, 0.1) is 6.92 Å². The fourth-order valence-corrected chi connectivity index (χ4v) is 3.94. The Morgan fingerprint density at radius 1 is 1.06 bits per heavy atom. The molecule has 0 radical (unpaired) electrons. The highest BCUT2D eigenvalue weighted by Gasteiger charge is 2.27. The number of nitrogens with zero attached hydrogens (tertiary/aromatic N) is 3. The van der Waals surface area contributed by atoms with Crippen LogP contribution < -0.4 is 16.0 Å². The van der Waals surface area contributed by atoms with Crippen molar-refractivity contribution >= 4 is 16.8 Å². The largest absolute Gasteiger partial charge is 0.497 e. The lowest BCUT2D eigenvalue weighted by molar-refractivity contribution is -0.138. The maximum absolute atomic E-state index is 13.6. The monoisotopic (exact) mass is 423 g/mol. The highest BCUT2D eigenvalue weighted by atomic mass is 16.5. The maximum Gasteiger partial charge on any atom is 0.336 e. The number of carbonyl (C=O) groups excluding carboxylic acids is 1. The molecule has 2 aromatic carbocycles. The van der Waals surface area contributed by atoms with Crippen molar-refractivity contribution in [1.82, 2.24) is 14.0 Å². The summed E-state index contributed by atoms with van der Waals surface area (Å²) in [5, 5.41) is 0.386. The van der Waals surface area contributed by atoms with Crippen LogP contribution in [0.1, 0.15) is 18.5 Å². The van der Waals surface area contributed by atoms with Crippen molar-refractivity contribution in [3.63, 3.8) is 0 Å². The molecule has 1 atom stereocenters. The Labute approximate surface area is 179 Å². The van der Waals surface area contributed by atoms with Gasteiger partial charge < -0.3 is 14.4 Å². The number of fused-ring (bicyclic) bond motifs is 1. The van der Waals surface area contributed by atoms with Crippen LogP contribution in [0.5, 0.6) is 5.75 Å². The second kappa shape index (κ2) is 8.39. The van der Waals surface area contributed by atoms with Crippen LogP contribution in [0.3, 0.4) is 0 Å². The summed E-state index contributed by atoms with van der Waals surface area (Å²) in [4.78, 5) is 41.8. The van der Waals surface area contributed by atoms with Crippen molar-refractivity contribution in [2.75, 3.05) is 33.4 Å². The minimum Gasteiger partial charge on any atom is -0.497 e. The lowest BCUT2D eigenvalue weighted by atomic mass is 10.1. The van der Waals surface area contributed by atoms with Gasteiger partial charge in [0.15, 0.2) is 0 Å². The molecule has 1 aliphatic rings. The van der Waals surface area contributed by atoms with Gasteiger partial charge in [0.2, 0.25) is 5.91 Å². The van der Waals surface area contributed by atoms with Crippen molar-refractivity contribution in [3.8, 4) is 11.4 Å². The molecule has 0 saturated carbocycles. The molecule has 4 rings (SSSR count). The molecule has 8 heteroatoms. The molecule has 1 saturated heterocycles. The summed E-state index contributed by atoms with van der Waals surface area (Å²) in [5.41, 5.74) is 0.776. The van der Waals surface area contributed by atoms with Crippen LogP contribution in [-0.2, 0) is 9.53 Å². The lowest BCUT2D eigenvalue weighted by Gasteiger charge is -2.30. The third-order valence-electron chi connectivity index (χ3n) is 5.64. The van der Waals surface area contributed by atoms with E-state index < -0.39 is 17.3 Å². The topological polar surface area (TPSA) is 82.8 Å². The van der Waals surface area contributed by atoms with Gasteiger partial charge in [-0.05, 0) is 50.2 Å². The Kier molecular flexibility index (Phi) is 5.65. The Hall–Kier alpha value is -3.39. The predicted molar refractivity (Wildman–Crippen MR) is 117 cm³/mol. The number of methoxy groups -OCH3 is 1. The van der Waals surface area contributed by atoms with Gasteiger partial charge >= 0.3 is 5.69 Å². The van der Waals surface area contributed by atoms with Gasteiger partial charge in [-0.3, -0.25) is 14.2 Å². The van der Waals surface area contributed by atoms with Crippen LogP contribution in [-0.4, -0.2) is 53.4 Å². The molecule has 3 aromatic rings. The minimum absolute atomic E-state index is 0.174. The first-order valence-corrected chi connectivity index (χ1v) is 10.2. The first-order chi connectivity index (χ1) is 14.9. The lowest BCUT2D eigenvalue weighted by Crippen LogP contribution is -2.47. The zero-order valence-corrected chi connectivity index (χ0v) is 17.8. The van der Waals surface area contributed by atoms with E-state index in [2.05, 4.69) is 0 Å². The Bertz CT molecular complexity index is 1240. The number of hydrogen-bond donors (Lipinski definition) is 0. The molecule has 1 aliphatic heterocycles. The summed E-state index contributed by atoms with van der Waals surface area (Å²) in [5.74, 6) is 0.442. The molecule has 2 heterocycles. The fraction of sp³-hybridized carbons (Fsp3) is 0.348. The summed E-state index contributed by atoms with van der Waals surface area (Å²) in [6, 6.07) is 11.2. The van der Waals surface area contributed by atoms with E-state index in [1.807, 2.05) is 13.0 Å². The van der Waals surface area contributed by atoms with Crippen LogP contribution in [0.15, 0.2) is 52.1 Å². The third kappa shape index (κ3) is 3.74. The van der Waals surface area contributed by atoms with E-state index in [1.54, 1.807) is 55.3 Å². The minimum atomic E-state index is -0.777. The predicted octanol–water partition coefficient (Wildman–Crippen LogP) is 1.89. The first kappa shape index (κ1) is 20.9. The highest BCUT2D eigenvalue weighted by Crippen LogP contribution is 2.19. The second-order valence-corrected chi connectivity index (χ2v) is 7.63. The number of hydrogen-bond acceptors (Lipinski definition) is 5. The van der Waals surface area contributed by atoms with E-state index in [9.17, 15) is 14.4 Å². The van der Waals surface area contributed by atoms with Crippen LogP contribution in [0.2, 0.25) is 0 Å². The molecule has 0 bridgehead atoms. The summed E-state index contributed by atoms with van der Waals surface area (Å²) >= 11 is 0. The van der Waals surface area contributed by atoms with Gasteiger partial charge in [-0.25, -0.2) is 9.36 Å². The zero-order chi connectivity index (χ0) is 22.1. The van der Waals surface area contributed by atoms with Crippen molar-refractivity contribution in [2.24, 2.45) is 0 Å². The summed E-state index contributed by atoms with van der Waals surface area (Å²) in [6.07, 6.45) is 0. The molecule has 162 valence electrons. The Balaban J connectivity index is 1.94. The number of morpholine rings is 1. The molecule has 8 nitrogen and oxygen atoms in total. The molecule has 0 unspecified atom stereocenters. The standard InChI is InChI=1S/C23H25N3O5/c1-15-4-9-20-19(14-15)22(28)26(17-5-7-18(30-3)8-6-17)23(29)25(20)16(2)21(27)24-10-12-31-13-11-24/h4-9,14,16H,10-13H2,1-3H3/t16-/m0/s1. The molecule has 1 amide bonds. The van der Waals surface area contributed by atoms with Gasteiger partial charge in [0.05, 0.1) is 36.9 Å². The highest BCUT2D eigenvalue weighted by molar-refractivity contribution is 5.85. The van der Waals surface area contributed by atoms with E-state index in [0.29, 0.717) is 48.6 Å². The van der Waals surface area contributed by atoms with E-state index in [4.69, 9.17) is 9.47 Å². The molecular weight excluding hydrogens is 398 g/mol. The smallest absolute Gasteiger partial charge is 0.336 e. The quantitative estimate of drug-likeness (QED) is 0.640. The number of carbonyl (C=O) groups is 1. The van der Waals surface area contributed by atoms with Crippen LogP contribution in [0.25, 0.3) is 16.6 Å². The number of ether oxygens (including phenoxy) is 2. The number of aromatic nitrogens is 2. The van der Waals surface area contributed by atoms with Crippen molar-refractivity contribution in [2.45, 2.75) is 19.9 Å². The van der Waals surface area contributed by atoms with E-state index >= 15 is 0 Å². The summed E-state index contributed by atoms with van der Waals surface area (Å²) in [6.45, 7) is 5.48. The number of benzene rings is 2. The first-order valence-electron chi connectivity index (χ1n) is 10.2. The van der Waals surface area contributed by atoms with Gasteiger partial charge in [0.1, 0.15) is 11.8 Å². The third-order valence-corrected chi connectivity index (χ3v) is 5.64. The Morgan fingerprint density at radius 2 is 1.74 bits per heavy atom. The summed E-state index contributed by atoms with van der Waals surface area (Å²) < 4.78 is 13.0. The zero-order valence-electron chi connectivity index (χ0n) is 17.8. The molecule has 31 heavy (non-hydrogen) atoms. The molecular formula is C23H25N3O5. The maximum atomic E-state index is 13.6. The second-order valence-electron chi connectivity index (χ2n) is 7.63. The van der Waals surface area contributed by atoms with Crippen LogP contribution >= 0.6 is 0 Å². The van der Waals surface area contributed by atoms with Crippen molar-refractivity contribution in [1.29, 1.82) is 0 Å². The molecule has 0 aliphatic carbocycles. The van der Waals surface area contributed by atoms with Crippen molar-refractivity contribution < 1.29 is 14.3 Å². The summed E-state index contributed by atoms with van der Waals surface area (Å²) in [7, 11) is 1.55.